The van der Waals surface area contributed by atoms with E-state index in [0.717, 1.165) is 16.6 Å². The lowest BCUT2D eigenvalue weighted by Gasteiger charge is -2.33. The van der Waals surface area contributed by atoms with Crippen LogP contribution in [0.1, 0.15) is 38.8 Å². The van der Waals surface area contributed by atoms with Gasteiger partial charge in [-0.3, -0.25) is 24.0 Å². The van der Waals surface area contributed by atoms with Gasteiger partial charge in [0.25, 0.3) is 5.69 Å². The first-order valence-electron chi connectivity index (χ1n) is 11.1. The van der Waals surface area contributed by atoms with Crippen LogP contribution in [0.2, 0.25) is 0 Å². The number of amides is 2. The summed E-state index contributed by atoms with van der Waals surface area (Å²) in [6.07, 6.45) is 0.888. The predicted molar refractivity (Wildman–Crippen MR) is 134 cm³/mol. The van der Waals surface area contributed by atoms with Crippen molar-refractivity contribution in [1.29, 1.82) is 0 Å². The number of anilines is 1. The molecule has 2 aromatic rings. The Morgan fingerprint density at radius 1 is 1.14 bits per heavy atom. The number of carbonyl (C=O) groups is 2. The Bertz CT molecular complexity index is 1240. The maximum absolute atomic E-state index is 13.5. The Kier molecular flexibility index (Phi) is 8.79. The lowest BCUT2D eigenvalue weighted by molar-refractivity contribution is -0.384. The zero-order valence-corrected chi connectivity index (χ0v) is 21.9. The molecule has 0 spiro atoms. The number of halogens is 1. The molecule has 36 heavy (non-hydrogen) atoms. The molecule has 0 aliphatic heterocycles. The molecule has 196 valence electrons. The number of hydrogen-bond donors (Lipinski definition) is 1. The van der Waals surface area contributed by atoms with Crippen molar-refractivity contribution < 1.29 is 27.3 Å². The molecular weight excluding hydrogens is 491 g/mol. The smallest absolute Gasteiger partial charge is 0.271 e. The van der Waals surface area contributed by atoms with Gasteiger partial charge in [-0.1, -0.05) is 18.2 Å². The first-order valence-corrected chi connectivity index (χ1v) is 12.9. The number of aryl methyl sites for hydroxylation is 1. The van der Waals surface area contributed by atoms with Crippen molar-refractivity contribution in [2.24, 2.45) is 0 Å². The Balaban J connectivity index is 2.49. The normalized spacial score (nSPS) is 12.5. The SMILES string of the molecule is Cc1ccc([N+](=O)[O-])cc1N(CC(=O)N(Cc1ccc(F)cc1)[C@H](C)C(=O)NC(C)(C)C)S(C)(=O)=O. The Morgan fingerprint density at radius 2 is 1.72 bits per heavy atom. The third-order valence-corrected chi connectivity index (χ3v) is 6.41. The lowest BCUT2D eigenvalue weighted by Crippen LogP contribution is -2.54. The summed E-state index contributed by atoms with van der Waals surface area (Å²) in [5.41, 5.74) is -0.0131. The molecule has 10 nitrogen and oxygen atoms in total. The summed E-state index contributed by atoms with van der Waals surface area (Å²) >= 11 is 0. The number of hydrogen-bond acceptors (Lipinski definition) is 6. The van der Waals surface area contributed by atoms with Crippen molar-refractivity contribution in [3.05, 3.63) is 69.5 Å². The molecule has 1 atom stereocenters. The molecule has 2 aromatic carbocycles. The third-order valence-electron chi connectivity index (χ3n) is 5.28. The van der Waals surface area contributed by atoms with E-state index in [0.29, 0.717) is 11.1 Å². The van der Waals surface area contributed by atoms with Crippen molar-refractivity contribution in [1.82, 2.24) is 10.2 Å². The minimum Gasteiger partial charge on any atom is -0.350 e. The van der Waals surface area contributed by atoms with Gasteiger partial charge < -0.3 is 10.2 Å². The number of carbonyl (C=O) groups excluding carboxylic acids is 2. The molecular formula is C24H31FN4O6S. The van der Waals surface area contributed by atoms with Crippen molar-refractivity contribution in [3.63, 3.8) is 0 Å². The summed E-state index contributed by atoms with van der Waals surface area (Å²) in [5.74, 6) is -1.65. The van der Waals surface area contributed by atoms with Crippen LogP contribution in [0.15, 0.2) is 42.5 Å². The number of nitrogens with one attached hydrogen (secondary N) is 1. The number of benzene rings is 2. The van der Waals surface area contributed by atoms with E-state index in [4.69, 9.17) is 0 Å². The summed E-state index contributed by atoms with van der Waals surface area (Å²) in [7, 11) is -4.05. The molecule has 0 aliphatic rings. The first-order chi connectivity index (χ1) is 16.5. The summed E-state index contributed by atoms with van der Waals surface area (Å²) in [4.78, 5) is 38.2. The number of rotatable bonds is 9. The maximum atomic E-state index is 13.5. The number of nitro groups is 1. The fourth-order valence-corrected chi connectivity index (χ4v) is 4.32. The van der Waals surface area contributed by atoms with E-state index in [1.54, 1.807) is 27.7 Å². The average Bonchev–Trinajstić information content (AvgIpc) is 2.75. The van der Waals surface area contributed by atoms with E-state index in [1.165, 1.54) is 48.2 Å². The summed E-state index contributed by atoms with van der Waals surface area (Å²) in [5, 5.41) is 14.1. The molecule has 0 bridgehead atoms. The average molecular weight is 523 g/mol. The fourth-order valence-electron chi connectivity index (χ4n) is 3.42. The molecule has 0 saturated heterocycles. The van der Waals surface area contributed by atoms with Crippen LogP contribution in [-0.2, 0) is 26.2 Å². The van der Waals surface area contributed by atoms with Crippen LogP contribution in [0.4, 0.5) is 15.8 Å². The van der Waals surface area contributed by atoms with Crippen molar-refractivity contribution in [2.45, 2.75) is 52.7 Å². The molecule has 0 aromatic heterocycles. The maximum Gasteiger partial charge on any atom is 0.271 e. The Morgan fingerprint density at radius 3 is 2.22 bits per heavy atom. The van der Waals surface area contributed by atoms with E-state index >= 15 is 0 Å². The van der Waals surface area contributed by atoms with Crippen LogP contribution >= 0.6 is 0 Å². The molecule has 0 radical (unpaired) electrons. The molecule has 12 heteroatoms. The largest absolute Gasteiger partial charge is 0.350 e. The van der Waals surface area contributed by atoms with Gasteiger partial charge in [-0.2, -0.15) is 0 Å². The van der Waals surface area contributed by atoms with E-state index in [1.807, 2.05) is 0 Å². The van der Waals surface area contributed by atoms with Gasteiger partial charge in [0, 0.05) is 24.2 Å². The monoisotopic (exact) mass is 522 g/mol. The number of nitro benzene ring substituents is 1. The molecule has 0 saturated carbocycles. The highest BCUT2D eigenvalue weighted by atomic mass is 32.2. The van der Waals surface area contributed by atoms with Crippen LogP contribution in [0, 0.1) is 22.9 Å². The van der Waals surface area contributed by atoms with Gasteiger partial charge in [-0.15, -0.1) is 0 Å². The number of nitrogens with zero attached hydrogens (tertiary/aromatic N) is 3. The molecule has 1 N–H and O–H groups in total. The highest BCUT2D eigenvalue weighted by molar-refractivity contribution is 7.92. The van der Waals surface area contributed by atoms with Crippen LogP contribution in [-0.4, -0.2) is 54.4 Å². The van der Waals surface area contributed by atoms with Gasteiger partial charge in [0.1, 0.15) is 18.4 Å². The molecule has 0 aliphatic carbocycles. The first kappa shape index (κ1) is 28.7. The second kappa shape index (κ2) is 11.0. The topological polar surface area (TPSA) is 130 Å². The molecule has 0 fully saturated rings. The highest BCUT2D eigenvalue weighted by Gasteiger charge is 2.32. The Labute approximate surface area is 210 Å². The zero-order valence-electron chi connectivity index (χ0n) is 21.1. The molecule has 0 unspecified atom stereocenters. The number of sulfonamides is 1. The van der Waals surface area contributed by atoms with Gasteiger partial charge in [0.05, 0.1) is 16.9 Å². The van der Waals surface area contributed by atoms with Crippen LogP contribution < -0.4 is 9.62 Å². The lowest BCUT2D eigenvalue weighted by atomic mass is 10.1. The summed E-state index contributed by atoms with van der Waals surface area (Å²) in [6, 6.07) is 8.07. The van der Waals surface area contributed by atoms with E-state index < -0.39 is 50.7 Å². The fraction of sp³-hybridized carbons (Fsp3) is 0.417. The van der Waals surface area contributed by atoms with E-state index in [-0.39, 0.29) is 17.9 Å². The predicted octanol–water partition coefficient (Wildman–Crippen LogP) is 3.14. The minimum absolute atomic E-state index is 0.0198. The Hall–Kier alpha value is -3.54. The van der Waals surface area contributed by atoms with Crippen LogP contribution in [0.25, 0.3) is 0 Å². The van der Waals surface area contributed by atoms with Gasteiger partial charge in [-0.05, 0) is 57.9 Å². The zero-order chi connectivity index (χ0) is 27.4. The van der Waals surface area contributed by atoms with Crippen molar-refractivity contribution in [3.8, 4) is 0 Å². The second-order valence-corrected chi connectivity index (χ2v) is 11.5. The summed E-state index contributed by atoms with van der Waals surface area (Å²) < 4.78 is 39.5. The van der Waals surface area contributed by atoms with Gasteiger partial charge >= 0.3 is 0 Å². The third kappa shape index (κ3) is 7.74. The van der Waals surface area contributed by atoms with Crippen molar-refractivity contribution >= 4 is 33.2 Å². The standard InChI is InChI=1S/C24H31FN4O6S/c1-16-7-12-20(29(32)33)13-21(16)28(36(6,34)35)15-22(30)27(14-18-8-10-19(25)11-9-18)17(2)23(31)26-24(3,4)5/h7-13,17H,14-15H2,1-6H3,(H,26,31)/t17-/m1/s1. The van der Waals surface area contributed by atoms with E-state index in [2.05, 4.69) is 5.32 Å². The summed E-state index contributed by atoms with van der Waals surface area (Å²) in [6.45, 7) is 7.61. The molecule has 0 heterocycles. The minimum atomic E-state index is -4.05. The van der Waals surface area contributed by atoms with E-state index in [9.17, 15) is 32.5 Å². The van der Waals surface area contributed by atoms with Crippen LogP contribution in [0.3, 0.4) is 0 Å². The van der Waals surface area contributed by atoms with Gasteiger partial charge in [-0.25, -0.2) is 12.8 Å². The highest BCUT2D eigenvalue weighted by Crippen LogP contribution is 2.28. The van der Waals surface area contributed by atoms with Crippen LogP contribution in [0.5, 0.6) is 0 Å². The van der Waals surface area contributed by atoms with Crippen molar-refractivity contribution in [2.75, 3.05) is 17.1 Å². The van der Waals surface area contributed by atoms with Gasteiger partial charge in [0.2, 0.25) is 21.8 Å². The molecule has 2 rings (SSSR count). The second-order valence-electron chi connectivity index (χ2n) is 9.56. The number of non-ortho nitro benzene ring substituents is 1. The quantitative estimate of drug-likeness (QED) is 0.398. The molecule has 2 amide bonds. The van der Waals surface area contributed by atoms with Gasteiger partial charge in [0.15, 0.2) is 0 Å².